The number of nitrogens with zero attached hydrogens (tertiary/aromatic N) is 1. The molecule has 1 aromatic heterocycles. The molecule has 1 aliphatic rings. The second kappa shape index (κ2) is 2.64. The molecule has 2 heterocycles. The Morgan fingerprint density at radius 1 is 0.938 bits per heavy atom. The number of para-hydroxylation sites is 1. The molecule has 0 unspecified atom stereocenters. The Kier molecular flexibility index (Phi) is 1.31. The van der Waals surface area contributed by atoms with Gasteiger partial charge in [-0.2, -0.15) is 0 Å². The Hall–Kier alpha value is -2.29. The summed E-state index contributed by atoms with van der Waals surface area (Å²) < 4.78 is 5.33. The molecule has 3 heteroatoms. The van der Waals surface area contributed by atoms with Crippen molar-refractivity contribution in [3.63, 3.8) is 0 Å². The molecule has 0 amide bonds. The zero-order valence-corrected chi connectivity index (χ0v) is 8.40. The highest BCUT2D eigenvalue weighted by Crippen LogP contribution is 2.42. The Balaban J connectivity index is 2.21. The van der Waals surface area contributed by atoms with E-state index in [4.69, 9.17) is 4.52 Å². The fourth-order valence-corrected chi connectivity index (χ4v) is 2.22. The molecule has 0 fully saturated rings. The van der Waals surface area contributed by atoms with E-state index in [1.807, 2.05) is 36.4 Å². The van der Waals surface area contributed by atoms with Crippen LogP contribution in [0.2, 0.25) is 0 Å². The normalized spacial score (nSPS) is 12.2. The standard InChI is InChI=1S/C13H8N2O/c1-2-5-9-8(4-1)13-12-10(14-9)6-3-7-11(12)16-15-13/h1-7,14H. The maximum absolute atomic E-state index is 5.33. The van der Waals surface area contributed by atoms with E-state index < -0.39 is 0 Å². The highest BCUT2D eigenvalue weighted by atomic mass is 16.5. The third kappa shape index (κ3) is 0.852. The lowest BCUT2D eigenvalue weighted by Crippen LogP contribution is -1.98. The first-order chi connectivity index (χ1) is 7.93. The number of hydrogen-bond acceptors (Lipinski definition) is 3. The summed E-state index contributed by atoms with van der Waals surface area (Å²) in [7, 11) is 0. The van der Waals surface area contributed by atoms with E-state index in [2.05, 4.69) is 16.5 Å². The van der Waals surface area contributed by atoms with Crippen LogP contribution in [0.1, 0.15) is 0 Å². The van der Waals surface area contributed by atoms with E-state index in [0.29, 0.717) is 0 Å². The number of nitrogens with one attached hydrogen (secondary N) is 1. The first-order valence-corrected chi connectivity index (χ1v) is 5.18. The number of hydrogen-bond donors (Lipinski definition) is 1. The molecule has 16 heavy (non-hydrogen) atoms. The molecular weight excluding hydrogens is 200 g/mol. The largest absolute Gasteiger partial charge is 0.356 e. The van der Waals surface area contributed by atoms with Crippen molar-refractivity contribution in [3.8, 4) is 11.3 Å². The van der Waals surface area contributed by atoms with Gasteiger partial charge in [-0.15, -0.1) is 0 Å². The van der Waals surface area contributed by atoms with E-state index in [9.17, 15) is 0 Å². The third-order valence-electron chi connectivity index (χ3n) is 2.95. The van der Waals surface area contributed by atoms with Gasteiger partial charge in [0.1, 0.15) is 5.69 Å². The molecule has 4 rings (SSSR count). The zero-order valence-electron chi connectivity index (χ0n) is 8.40. The van der Waals surface area contributed by atoms with E-state index in [1.165, 1.54) is 0 Å². The van der Waals surface area contributed by atoms with Crippen LogP contribution in [0.5, 0.6) is 0 Å². The molecule has 0 saturated carbocycles. The van der Waals surface area contributed by atoms with Crippen LogP contribution in [0.3, 0.4) is 0 Å². The fraction of sp³-hybridized carbons (Fsp3) is 0. The summed E-state index contributed by atoms with van der Waals surface area (Å²) in [6.07, 6.45) is 0. The summed E-state index contributed by atoms with van der Waals surface area (Å²) in [6.45, 7) is 0. The molecule has 1 aliphatic heterocycles. The first-order valence-electron chi connectivity index (χ1n) is 5.18. The molecule has 0 aliphatic carbocycles. The van der Waals surface area contributed by atoms with Gasteiger partial charge in [-0.05, 0) is 18.2 Å². The Bertz CT molecular complexity index is 700. The molecule has 1 N–H and O–H groups in total. The average molecular weight is 208 g/mol. The average Bonchev–Trinajstić information content (AvgIpc) is 2.76. The van der Waals surface area contributed by atoms with Crippen LogP contribution in [0.25, 0.3) is 22.2 Å². The van der Waals surface area contributed by atoms with Crippen LogP contribution < -0.4 is 5.32 Å². The van der Waals surface area contributed by atoms with E-state index >= 15 is 0 Å². The molecule has 2 aromatic carbocycles. The van der Waals surface area contributed by atoms with E-state index in [0.717, 1.165) is 33.6 Å². The second-order valence-corrected chi connectivity index (χ2v) is 3.88. The number of rotatable bonds is 0. The lowest BCUT2D eigenvalue weighted by Gasteiger charge is -2.16. The maximum atomic E-state index is 5.33. The van der Waals surface area contributed by atoms with Crippen molar-refractivity contribution in [2.75, 3.05) is 5.32 Å². The van der Waals surface area contributed by atoms with Gasteiger partial charge < -0.3 is 9.84 Å². The lowest BCUT2D eigenvalue weighted by atomic mass is 10.0. The predicted molar refractivity (Wildman–Crippen MR) is 62.7 cm³/mol. The minimum absolute atomic E-state index is 0.828. The van der Waals surface area contributed by atoms with Crippen LogP contribution in [-0.2, 0) is 0 Å². The SMILES string of the molecule is c1ccc2c(c1)Nc1cccc3onc-2c13. The maximum Gasteiger partial charge on any atom is 0.169 e. The Morgan fingerprint density at radius 2 is 1.81 bits per heavy atom. The molecule has 0 atom stereocenters. The number of fused-ring (bicyclic) bond motifs is 2. The van der Waals surface area contributed by atoms with Crippen LogP contribution in [0, 0.1) is 0 Å². The van der Waals surface area contributed by atoms with Crippen LogP contribution in [-0.4, -0.2) is 5.16 Å². The van der Waals surface area contributed by atoms with Gasteiger partial charge in [-0.25, -0.2) is 0 Å². The van der Waals surface area contributed by atoms with Gasteiger partial charge in [-0.1, -0.05) is 29.4 Å². The second-order valence-electron chi connectivity index (χ2n) is 3.88. The lowest BCUT2D eigenvalue weighted by molar-refractivity contribution is 0.459. The van der Waals surface area contributed by atoms with Crippen molar-refractivity contribution in [2.45, 2.75) is 0 Å². The summed E-state index contributed by atoms with van der Waals surface area (Å²) in [6, 6.07) is 14.1. The summed E-state index contributed by atoms with van der Waals surface area (Å²) in [5, 5.41) is 8.61. The smallest absolute Gasteiger partial charge is 0.169 e. The molecular formula is C13H8N2O. The summed E-state index contributed by atoms with van der Waals surface area (Å²) in [5.41, 5.74) is 5.00. The minimum Gasteiger partial charge on any atom is -0.356 e. The van der Waals surface area contributed by atoms with Crippen molar-refractivity contribution in [3.05, 3.63) is 42.5 Å². The van der Waals surface area contributed by atoms with Gasteiger partial charge in [-0.3, -0.25) is 0 Å². The van der Waals surface area contributed by atoms with Gasteiger partial charge in [0, 0.05) is 11.3 Å². The number of benzene rings is 2. The van der Waals surface area contributed by atoms with Crippen molar-refractivity contribution in [1.82, 2.24) is 5.16 Å². The van der Waals surface area contributed by atoms with E-state index in [-0.39, 0.29) is 0 Å². The highest BCUT2D eigenvalue weighted by Gasteiger charge is 2.21. The van der Waals surface area contributed by atoms with Crippen molar-refractivity contribution < 1.29 is 4.52 Å². The summed E-state index contributed by atoms with van der Waals surface area (Å²) in [4.78, 5) is 0. The van der Waals surface area contributed by atoms with Gasteiger partial charge in [0.2, 0.25) is 0 Å². The quantitative estimate of drug-likeness (QED) is 0.480. The van der Waals surface area contributed by atoms with Crippen molar-refractivity contribution in [1.29, 1.82) is 0 Å². The van der Waals surface area contributed by atoms with Gasteiger partial charge >= 0.3 is 0 Å². The van der Waals surface area contributed by atoms with E-state index in [1.54, 1.807) is 0 Å². The molecule has 3 aromatic rings. The molecule has 0 bridgehead atoms. The van der Waals surface area contributed by atoms with Gasteiger partial charge in [0.25, 0.3) is 0 Å². The van der Waals surface area contributed by atoms with Gasteiger partial charge in [0.15, 0.2) is 5.58 Å². The van der Waals surface area contributed by atoms with Crippen molar-refractivity contribution in [2.24, 2.45) is 0 Å². The number of anilines is 2. The Morgan fingerprint density at radius 3 is 2.81 bits per heavy atom. The monoisotopic (exact) mass is 208 g/mol. The van der Waals surface area contributed by atoms with Crippen molar-refractivity contribution >= 4 is 22.3 Å². The number of aromatic nitrogens is 1. The zero-order chi connectivity index (χ0) is 10.5. The van der Waals surface area contributed by atoms with Crippen LogP contribution >= 0.6 is 0 Å². The first kappa shape index (κ1) is 7.93. The predicted octanol–water partition coefficient (Wildman–Crippen LogP) is 3.55. The highest BCUT2D eigenvalue weighted by molar-refractivity contribution is 6.07. The van der Waals surface area contributed by atoms with Crippen LogP contribution in [0.4, 0.5) is 11.4 Å². The molecule has 76 valence electrons. The topological polar surface area (TPSA) is 38.1 Å². The molecule has 0 spiro atoms. The molecule has 0 radical (unpaired) electrons. The summed E-state index contributed by atoms with van der Waals surface area (Å²) in [5.74, 6) is 0. The minimum atomic E-state index is 0.828. The molecule has 0 saturated heterocycles. The van der Waals surface area contributed by atoms with Gasteiger partial charge in [0.05, 0.1) is 11.1 Å². The third-order valence-corrected chi connectivity index (χ3v) is 2.95. The summed E-state index contributed by atoms with van der Waals surface area (Å²) >= 11 is 0. The van der Waals surface area contributed by atoms with Crippen LogP contribution in [0.15, 0.2) is 47.0 Å². The fourth-order valence-electron chi connectivity index (χ4n) is 2.22. The molecule has 3 nitrogen and oxygen atoms in total. The Labute approximate surface area is 91.7 Å².